The van der Waals surface area contributed by atoms with Crippen LogP contribution in [0.5, 0.6) is 0 Å². The quantitative estimate of drug-likeness (QED) is 0.174. The number of aldehydes is 1. The van der Waals surface area contributed by atoms with Gasteiger partial charge in [-0.05, 0) is 87.4 Å². The van der Waals surface area contributed by atoms with E-state index in [1.807, 2.05) is 26.1 Å². The number of nitrogens with two attached hydrogens (primary N) is 1. The summed E-state index contributed by atoms with van der Waals surface area (Å²) in [6.45, 7) is 14.3. The summed E-state index contributed by atoms with van der Waals surface area (Å²) in [5.74, 6) is 1.07. The molecule has 3 N–H and O–H groups in total. The van der Waals surface area contributed by atoms with Crippen molar-refractivity contribution in [1.82, 2.24) is 24.9 Å². The van der Waals surface area contributed by atoms with Crippen LogP contribution in [0.1, 0.15) is 70.4 Å². The molecule has 0 radical (unpaired) electrons. The molecule has 2 aromatic heterocycles. The summed E-state index contributed by atoms with van der Waals surface area (Å²) in [6, 6.07) is 11.5. The predicted octanol–water partition coefficient (Wildman–Crippen LogP) is 4.86. The van der Waals surface area contributed by atoms with Crippen molar-refractivity contribution in [2.45, 2.75) is 77.6 Å². The first-order chi connectivity index (χ1) is 25.4. The van der Waals surface area contributed by atoms with Gasteiger partial charge < -0.3 is 39.1 Å². The number of aromatic nitrogens is 2. The number of carbonyl (C=O) groups is 2. The zero-order valence-electron chi connectivity index (χ0n) is 33.2. The van der Waals surface area contributed by atoms with Crippen molar-refractivity contribution in [2.24, 2.45) is 23.0 Å². The van der Waals surface area contributed by atoms with Crippen molar-refractivity contribution < 1.29 is 23.8 Å². The third-order valence-electron chi connectivity index (χ3n) is 11.5. The van der Waals surface area contributed by atoms with E-state index in [0.29, 0.717) is 38.7 Å². The van der Waals surface area contributed by atoms with Crippen LogP contribution in [0.25, 0.3) is 22.2 Å². The average molecular weight is 734 g/mol. The number of carbonyl (C=O) groups excluding carboxylic acids is 2. The fraction of sp³-hybridized carbons (Fsp3) is 0.634. The Morgan fingerprint density at radius 2 is 1.85 bits per heavy atom. The Morgan fingerprint density at radius 3 is 2.43 bits per heavy atom. The Bertz CT molecular complexity index is 1650. The van der Waals surface area contributed by atoms with Gasteiger partial charge in [-0.3, -0.25) is 15.2 Å². The Hall–Kier alpha value is -3.39. The highest BCUT2D eigenvalue weighted by molar-refractivity contribution is 5.95. The smallest absolute Gasteiger partial charge is 0.293 e. The summed E-state index contributed by atoms with van der Waals surface area (Å²) in [5.41, 5.74) is 15.6. The van der Waals surface area contributed by atoms with Gasteiger partial charge in [0.2, 0.25) is 0 Å². The van der Waals surface area contributed by atoms with Crippen molar-refractivity contribution in [3.8, 4) is 11.3 Å². The molecule has 1 saturated carbocycles. The molecule has 53 heavy (non-hydrogen) atoms. The van der Waals surface area contributed by atoms with Gasteiger partial charge in [-0.15, -0.1) is 0 Å². The average Bonchev–Trinajstić information content (AvgIpc) is 3.43. The van der Waals surface area contributed by atoms with E-state index in [2.05, 4.69) is 77.0 Å². The summed E-state index contributed by atoms with van der Waals surface area (Å²) in [5, 5.41) is 3.41. The number of likely N-dealkylation sites (tertiary alicyclic amines) is 1. The lowest BCUT2D eigenvalue weighted by atomic mass is 9.78. The molecular formula is C41H63N7O5. The minimum absolute atomic E-state index is 0.0560. The number of fused-ring (bicyclic) bond motifs is 3. The maximum Gasteiger partial charge on any atom is 0.293 e. The number of ether oxygens (including phenoxy) is 3. The van der Waals surface area contributed by atoms with E-state index in [1.165, 1.54) is 24.9 Å². The molecule has 4 aliphatic rings. The highest BCUT2D eigenvalue weighted by Crippen LogP contribution is 2.44. The fourth-order valence-corrected chi connectivity index (χ4v) is 7.93. The van der Waals surface area contributed by atoms with Crippen molar-refractivity contribution in [2.75, 3.05) is 79.2 Å². The molecule has 5 heterocycles. The zero-order chi connectivity index (χ0) is 38.3. The van der Waals surface area contributed by atoms with Crippen molar-refractivity contribution in [3.63, 3.8) is 0 Å². The first-order valence-electron chi connectivity index (χ1n) is 19.2. The minimum Gasteiger partial charge on any atom is -0.467 e. The van der Waals surface area contributed by atoms with Gasteiger partial charge in [0.15, 0.2) is 0 Å². The summed E-state index contributed by atoms with van der Waals surface area (Å²) < 4.78 is 19.1. The van der Waals surface area contributed by atoms with Crippen molar-refractivity contribution in [3.05, 3.63) is 47.8 Å². The first-order valence-corrected chi connectivity index (χ1v) is 19.2. The van der Waals surface area contributed by atoms with Gasteiger partial charge >= 0.3 is 0 Å². The van der Waals surface area contributed by atoms with E-state index in [4.69, 9.17) is 24.9 Å². The molecule has 7 rings (SSSR count). The lowest BCUT2D eigenvalue weighted by Crippen LogP contribution is -2.58. The third kappa shape index (κ3) is 9.65. The fourth-order valence-electron chi connectivity index (χ4n) is 7.93. The number of nitrogens with zero attached hydrogens (tertiary/aromatic N) is 5. The summed E-state index contributed by atoms with van der Waals surface area (Å²) in [7, 11) is 7.71. The lowest BCUT2D eigenvalue weighted by molar-refractivity contribution is -0.131. The van der Waals surface area contributed by atoms with Crippen LogP contribution in [0, 0.1) is 17.3 Å². The normalized spacial score (nSPS) is 20.8. The number of anilines is 1. The molecule has 0 amide bonds. The Labute approximate surface area is 316 Å². The molecule has 3 aliphatic heterocycles. The van der Waals surface area contributed by atoms with E-state index in [0.717, 1.165) is 77.8 Å². The van der Waals surface area contributed by atoms with Crippen LogP contribution in [-0.2, 0) is 30.2 Å². The molecule has 3 saturated heterocycles. The van der Waals surface area contributed by atoms with Crippen LogP contribution < -0.4 is 16.1 Å². The standard InChI is InChI=1S/C35H51N5O5.C6H12N2/c1-24(31(36)21-41)12-14-39(15-16-43-6)26-10-11-32-29(17-26)30(18-35(3,4)22-45-23-42)34(40(32)27-19-38(5)20-27)28-9-8-13-37-33(28)25(2)44-7;1-8-6-2-5(3-6)4-7-8/h8-11,13,17,21,23-25,27,31H,12,14-16,18-20,22,36H2,1-7H3;5-7H,2-4H2,1H3. The van der Waals surface area contributed by atoms with Gasteiger partial charge in [0.25, 0.3) is 6.47 Å². The SMILES string of the molecule is CN1NCC2CC1C2.COCCN(CCC(C)C(N)C=O)c1ccc2c(c1)c(CC(C)(C)COC=O)c(-c1cccnc1C(C)OC)n2C1CN(C)C1. The highest BCUT2D eigenvalue weighted by Gasteiger charge is 2.36. The molecule has 1 aliphatic carbocycles. The van der Waals surface area contributed by atoms with Crippen LogP contribution >= 0.6 is 0 Å². The number of rotatable bonds is 18. The molecule has 2 bridgehead atoms. The van der Waals surface area contributed by atoms with E-state index in [9.17, 15) is 9.59 Å². The molecule has 12 heteroatoms. The largest absolute Gasteiger partial charge is 0.467 e. The monoisotopic (exact) mass is 733 g/mol. The van der Waals surface area contributed by atoms with Crippen LogP contribution in [-0.4, -0.2) is 119 Å². The van der Waals surface area contributed by atoms with Crippen LogP contribution in [0.4, 0.5) is 5.69 Å². The number of hydrogen-bond acceptors (Lipinski definition) is 11. The maximum absolute atomic E-state index is 11.3. The predicted molar refractivity (Wildman–Crippen MR) is 211 cm³/mol. The van der Waals surface area contributed by atoms with Crippen molar-refractivity contribution in [1.29, 1.82) is 0 Å². The molecule has 3 aromatic rings. The molecule has 0 spiro atoms. The highest BCUT2D eigenvalue weighted by atomic mass is 16.5. The number of hydrazine groups is 1. The number of methoxy groups -OCH3 is 2. The summed E-state index contributed by atoms with van der Waals surface area (Å²) in [4.78, 5) is 32.0. The number of pyridine rings is 1. The van der Waals surface area contributed by atoms with Crippen LogP contribution in [0.15, 0.2) is 36.5 Å². The van der Waals surface area contributed by atoms with Gasteiger partial charge in [0.05, 0.1) is 42.8 Å². The molecule has 3 atom stereocenters. The first kappa shape index (κ1) is 40.8. The van der Waals surface area contributed by atoms with Crippen molar-refractivity contribution >= 4 is 29.3 Å². The topological polar surface area (TPSA) is 127 Å². The van der Waals surface area contributed by atoms with Gasteiger partial charge in [-0.25, -0.2) is 5.01 Å². The zero-order valence-corrected chi connectivity index (χ0v) is 33.2. The second kappa shape index (κ2) is 18.3. The molecule has 4 fully saturated rings. The van der Waals surface area contributed by atoms with Crippen LogP contribution in [0.3, 0.4) is 0 Å². The van der Waals surface area contributed by atoms with E-state index in [-0.39, 0.29) is 17.4 Å². The van der Waals surface area contributed by atoms with E-state index >= 15 is 0 Å². The number of nitrogens with one attached hydrogen (secondary N) is 1. The van der Waals surface area contributed by atoms with E-state index < -0.39 is 6.04 Å². The third-order valence-corrected chi connectivity index (χ3v) is 11.5. The van der Waals surface area contributed by atoms with Gasteiger partial charge in [-0.1, -0.05) is 20.8 Å². The Morgan fingerprint density at radius 1 is 1.09 bits per heavy atom. The summed E-state index contributed by atoms with van der Waals surface area (Å²) in [6.07, 6.45) is 6.79. The van der Waals surface area contributed by atoms with Gasteiger partial charge in [-0.2, -0.15) is 0 Å². The van der Waals surface area contributed by atoms with E-state index in [1.54, 1.807) is 14.2 Å². The number of hydrogen-bond donors (Lipinski definition) is 2. The second-order valence-electron chi connectivity index (χ2n) is 16.3. The second-order valence-corrected chi connectivity index (χ2v) is 16.3. The molecule has 292 valence electrons. The van der Waals surface area contributed by atoms with Gasteiger partial charge in [0, 0.05) is 93.8 Å². The lowest BCUT2D eigenvalue weighted by Gasteiger charge is -2.47. The number of benzene rings is 1. The molecular weight excluding hydrogens is 670 g/mol. The Balaban J connectivity index is 0.000000589. The number of likely N-dealkylation sites (N-methyl/N-ethyl adjacent to an activating group) is 1. The summed E-state index contributed by atoms with van der Waals surface area (Å²) >= 11 is 0. The molecule has 3 unspecified atom stereocenters. The minimum atomic E-state index is -0.487. The Kier molecular flexibility index (Phi) is 14.1. The molecule has 12 nitrogen and oxygen atoms in total. The van der Waals surface area contributed by atoms with Crippen LogP contribution in [0.2, 0.25) is 0 Å². The van der Waals surface area contributed by atoms with Gasteiger partial charge in [0.1, 0.15) is 6.29 Å². The maximum atomic E-state index is 11.3. The molecule has 1 aromatic carbocycles.